The van der Waals surface area contributed by atoms with Gasteiger partial charge in [-0.1, -0.05) is 12.5 Å². The number of hydrogen-bond acceptors (Lipinski definition) is 4. The van der Waals surface area contributed by atoms with Crippen LogP contribution in [-0.2, 0) is 0 Å². The molecule has 1 aliphatic carbocycles. The summed E-state index contributed by atoms with van der Waals surface area (Å²) in [7, 11) is 0. The second kappa shape index (κ2) is 5.51. The summed E-state index contributed by atoms with van der Waals surface area (Å²) in [6.45, 7) is 0.221. The van der Waals surface area contributed by atoms with Crippen molar-refractivity contribution in [3.8, 4) is 6.07 Å². The van der Waals surface area contributed by atoms with Gasteiger partial charge >= 0.3 is 0 Å². The standard InChI is InChI=1S/C15H18N4O/c16-10-13-15(18-14-6-1-2-8-19(13)14)17-12-5-3-4-11(12)7-9-20/h1-2,6,8,11-12,17,20H,3-5,7,9H2. The molecule has 0 amide bonds. The van der Waals surface area contributed by atoms with Crippen molar-refractivity contribution in [3.05, 3.63) is 30.1 Å². The number of imidazole rings is 1. The molecule has 1 fully saturated rings. The number of rotatable bonds is 4. The zero-order valence-electron chi connectivity index (χ0n) is 11.3. The third kappa shape index (κ3) is 2.23. The zero-order chi connectivity index (χ0) is 13.9. The summed E-state index contributed by atoms with van der Waals surface area (Å²) in [6, 6.07) is 8.23. The van der Waals surface area contributed by atoms with Crippen LogP contribution in [-0.4, -0.2) is 27.1 Å². The fourth-order valence-corrected chi connectivity index (χ4v) is 3.12. The molecule has 5 heteroatoms. The van der Waals surface area contributed by atoms with Gasteiger partial charge < -0.3 is 10.4 Å². The monoisotopic (exact) mass is 270 g/mol. The van der Waals surface area contributed by atoms with Gasteiger partial charge in [-0.05, 0) is 37.3 Å². The summed E-state index contributed by atoms with van der Waals surface area (Å²) in [5.41, 5.74) is 1.33. The van der Waals surface area contributed by atoms with Crippen molar-refractivity contribution in [2.45, 2.75) is 31.7 Å². The van der Waals surface area contributed by atoms with E-state index < -0.39 is 0 Å². The Bertz CT molecular complexity index is 643. The third-order valence-electron chi connectivity index (χ3n) is 4.12. The molecular weight excluding hydrogens is 252 g/mol. The highest BCUT2D eigenvalue weighted by atomic mass is 16.3. The van der Waals surface area contributed by atoms with E-state index >= 15 is 0 Å². The molecule has 2 aromatic rings. The van der Waals surface area contributed by atoms with E-state index in [0.717, 1.165) is 31.3 Å². The van der Waals surface area contributed by atoms with E-state index in [9.17, 15) is 5.26 Å². The summed E-state index contributed by atoms with van der Waals surface area (Å²) in [4.78, 5) is 4.51. The van der Waals surface area contributed by atoms with Crippen molar-refractivity contribution in [1.82, 2.24) is 9.38 Å². The average molecular weight is 270 g/mol. The molecule has 2 unspecified atom stereocenters. The van der Waals surface area contributed by atoms with Crippen LogP contribution in [0.4, 0.5) is 5.82 Å². The summed E-state index contributed by atoms with van der Waals surface area (Å²) < 4.78 is 1.80. The number of nitrogens with one attached hydrogen (secondary N) is 1. The minimum absolute atomic E-state index is 0.221. The molecule has 0 radical (unpaired) electrons. The SMILES string of the molecule is N#Cc1c(NC2CCCC2CCO)nc2ccccn12. The van der Waals surface area contributed by atoms with E-state index in [2.05, 4.69) is 16.4 Å². The molecule has 0 bridgehead atoms. The van der Waals surface area contributed by atoms with Gasteiger partial charge in [-0.15, -0.1) is 0 Å². The minimum atomic E-state index is 0.221. The average Bonchev–Trinajstić information content (AvgIpc) is 3.03. The highest BCUT2D eigenvalue weighted by molar-refractivity contribution is 5.59. The van der Waals surface area contributed by atoms with Gasteiger partial charge in [0.25, 0.3) is 0 Å². The highest BCUT2D eigenvalue weighted by Crippen LogP contribution is 2.31. The smallest absolute Gasteiger partial charge is 0.168 e. The fraction of sp³-hybridized carbons (Fsp3) is 0.467. The van der Waals surface area contributed by atoms with Crippen LogP contribution in [0.3, 0.4) is 0 Å². The lowest BCUT2D eigenvalue weighted by atomic mass is 10.00. The Kier molecular flexibility index (Phi) is 3.57. The summed E-state index contributed by atoms with van der Waals surface area (Å²) in [5.74, 6) is 1.13. The number of nitrogens with zero attached hydrogens (tertiary/aromatic N) is 3. The minimum Gasteiger partial charge on any atom is -0.396 e. The first-order chi connectivity index (χ1) is 9.83. The Hall–Kier alpha value is -2.06. The van der Waals surface area contributed by atoms with Gasteiger partial charge in [0.05, 0.1) is 0 Å². The molecule has 0 aliphatic heterocycles. The molecule has 3 rings (SSSR count). The van der Waals surface area contributed by atoms with Crippen LogP contribution < -0.4 is 5.32 Å². The van der Waals surface area contributed by atoms with Crippen molar-refractivity contribution in [1.29, 1.82) is 5.26 Å². The van der Waals surface area contributed by atoms with Crippen molar-refractivity contribution < 1.29 is 5.11 Å². The number of anilines is 1. The highest BCUT2D eigenvalue weighted by Gasteiger charge is 2.28. The molecule has 20 heavy (non-hydrogen) atoms. The number of aromatic nitrogens is 2. The molecule has 0 spiro atoms. The molecule has 0 aromatic carbocycles. The van der Waals surface area contributed by atoms with Crippen LogP contribution in [0.1, 0.15) is 31.4 Å². The number of hydrogen-bond donors (Lipinski definition) is 2. The van der Waals surface area contributed by atoms with Gasteiger partial charge in [0.1, 0.15) is 11.7 Å². The normalized spacial score (nSPS) is 22.0. The lowest BCUT2D eigenvalue weighted by Crippen LogP contribution is -2.25. The molecule has 2 N–H and O–H groups in total. The first-order valence-electron chi connectivity index (χ1n) is 7.08. The molecule has 0 saturated heterocycles. The summed E-state index contributed by atoms with van der Waals surface area (Å²) in [5, 5.41) is 21.9. The molecular formula is C15H18N4O. The van der Waals surface area contributed by atoms with Crippen LogP contribution in [0.2, 0.25) is 0 Å². The first-order valence-corrected chi connectivity index (χ1v) is 7.08. The zero-order valence-corrected chi connectivity index (χ0v) is 11.3. The van der Waals surface area contributed by atoms with E-state index in [4.69, 9.17) is 5.11 Å². The molecule has 2 atom stereocenters. The molecule has 2 heterocycles. The Balaban J connectivity index is 1.89. The van der Waals surface area contributed by atoms with E-state index in [1.165, 1.54) is 0 Å². The van der Waals surface area contributed by atoms with Crippen molar-refractivity contribution in [2.75, 3.05) is 11.9 Å². The van der Waals surface area contributed by atoms with Crippen molar-refractivity contribution in [2.24, 2.45) is 5.92 Å². The molecule has 5 nitrogen and oxygen atoms in total. The predicted octanol–water partition coefficient (Wildman–Crippen LogP) is 2.17. The van der Waals surface area contributed by atoms with Crippen LogP contribution in [0, 0.1) is 17.2 Å². The number of aliphatic hydroxyl groups excluding tert-OH is 1. The van der Waals surface area contributed by atoms with E-state index in [1.54, 1.807) is 4.40 Å². The second-order valence-corrected chi connectivity index (χ2v) is 5.30. The third-order valence-corrected chi connectivity index (χ3v) is 4.12. The summed E-state index contributed by atoms with van der Waals surface area (Å²) >= 11 is 0. The van der Waals surface area contributed by atoms with Gasteiger partial charge in [-0.3, -0.25) is 4.40 Å². The first kappa shape index (κ1) is 12.9. The predicted molar refractivity (Wildman–Crippen MR) is 76.4 cm³/mol. The van der Waals surface area contributed by atoms with E-state index in [1.807, 2.05) is 24.4 Å². The van der Waals surface area contributed by atoms with Crippen LogP contribution >= 0.6 is 0 Å². The number of pyridine rings is 1. The van der Waals surface area contributed by atoms with Gasteiger partial charge in [0, 0.05) is 18.8 Å². The van der Waals surface area contributed by atoms with Gasteiger partial charge in [0.2, 0.25) is 0 Å². The quantitative estimate of drug-likeness (QED) is 0.893. The van der Waals surface area contributed by atoms with E-state index in [0.29, 0.717) is 23.5 Å². The number of aliphatic hydroxyl groups is 1. The van der Waals surface area contributed by atoms with Crippen molar-refractivity contribution >= 4 is 11.5 Å². The number of nitriles is 1. The Morgan fingerprint density at radius 1 is 1.45 bits per heavy atom. The number of fused-ring (bicyclic) bond motifs is 1. The molecule has 2 aromatic heterocycles. The van der Waals surface area contributed by atoms with Gasteiger partial charge in [0.15, 0.2) is 11.5 Å². The maximum Gasteiger partial charge on any atom is 0.168 e. The molecule has 1 saturated carbocycles. The fourth-order valence-electron chi connectivity index (χ4n) is 3.12. The Morgan fingerprint density at radius 2 is 2.35 bits per heavy atom. The van der Waals surface area contributed by atoms with Crippen molar-refractivity contribution in [3.63, 3.8) is 0 Å². The largest absolute Gasteiger partial charge is 0.396 e. The second-order valence-electron chi connectivity index (χ2n) is 5.30. The van der Waals surface area contributed by atoms with Crippen LogP contribution in [0.25, 0.3) is 5.65 Å². The maximum atomic E-state index is 9.36. The maximum absolute atomic E-state index is 9.36. The van der Waals surface area contributed by atoms with Crippen LogP contribution in [0.15, 0.2) is 24.4 Å². The van der Waals surface area contributed by atoms with E-state index in [-0.39, 0.29) is 6.61 Å². The summed E-state index contributed by atoms with van der Waals surface area (Å²) in [6.07, 6.45) is 6.04. The van der Waals surface area contributed by atoms with Crippen LogP contribution in [0.5, 0.6) is 0 Å². The molecule has 104 valence electrons. The molecule has 1 aliphatic rings. The van der Waals surface area contributed by atoms with Gasteiger partial charge in [-0.2, -0.15) is 5.26 Å². The Labute approximate surface area is 117 Å². The Morgan fingerprint density at radius 3 is 3.15 bits per heavy atom. The lowest BCUT2D eigenvalue weighted by molar-refractivity contribution is 0.254. The lowest BCUT2D eigenvalue weighted by Gasteiger charge is -2.20. The van der Waals surface area contributed by atoms with Gasteiger partial charge in [-0.25, -0.2) is 4.98 Å². The topological polar surface area (TPSA) is 73.3 Å².